The van der Waals surface area contributed by atoms with Crippen LogP contribution in [-0.2, 0) is 4.79 Å². The predicted molar refractivity (Wildman–Crippen MR) is 50.0 cm³/mol. The van der Waals surface area contributed by atoms with Gasteiger partial charge in [-0.2, -0.15) is 0 Å². The lowest BCUT2D eigenvalue weighted by molar-refractivity contribution is -0.152. The van der Waals surface area contributed by atoms with Gasteiger partial charge in [-0.1, -0.05) is 6.42 Å². The number of carboxylic acid groups (broad SMARTS) is 1. The molecule has 0 heterocycles. The maximum atomic E-state index is 10.8. The van der Waals surface area contributed by atoms with Crippen LogP contribution in [0.4, 0.5) is 0 Å². The highest BCUT2D eigenvalue weighted by atomic mass is 16.4. The van der Waals surface area contributed by atoms with Gasteiger partial charge in [0.15, 0.2) is 0 Å². The minimum absolute atomic E-state index is 0.358. The quantitative estimate of drug-likeness (QED) is 0.527. The lowest BCUT2D eigenvalue weighted by Gasteiger charge is -2.27. The lowest BCUT2D eigenvalue weighted by atomic mass is 9.80. The van der Waals surface area contributed by atoms with Crippen molar-refractivity contribution in [2.24, 2.45) is 11.1 Å². The first-order valence-corrected chi connectivity index (χ1v) is 4.42. The molecule has 0 amide bonds. The smallest absolute Gasteiger partial charge is 0.312 e. The first-order valence-electron chi connectivity index (χ1n) is 4.42. The van der Waals surface area contributed by atoms with Crippen molar-refractivity contribution in [3.8, 4) is 0 Å². The number of aliphatic hydroxyl groups is 1. The fourth-order valence-electron chi connectivity index (χ4n) is 1.08. The van der Waals surface area contributed by atoms with Gasteiger partial charge in [0.25, 0.3) is 0 Å². The molecule has 0 aromatic rings. The molecule has 0 rings (SSSR count). The Morgan fingerprint density at radius 1 is 1.62 bits per heavy atom. The minimum atomic E-state index is -1.28. The van der Waals surface area contributed by atoms with Crippen LogP contribution in [0.1, 0.15) is 26.2 Å². The zero-order valence-corrected chi connectivity index (χ0v) is 7.99. The molecule has 0 aliphatic rings. The van der Waals surface area contributed by atoms with E-state index in [4.69, 9.17) is 10.8 Å². The molecular weight excluding hydrogens is 170 g/mol. The number of aliphatic carboxylic acids is 1. The highest BCUT2D eigenvalue weighted by Crippen LogP contribution is 2.28. The maximum Gasteiger partial charge on any atom is 0.312 e. The second-order valence-electron chi connectivity index (χ2n) is 3.38. The van der Waals surface area contributed by atoms with Crippen LogP contribution in [0.15, 0.2) is 0 Å². The zero-order valence-electron chi connectivity index (χ0n) is 7.99. The molecule has 0 aromatic carbocycles. The van der Waals surface area contributed by atoms with E-state index in [2.05, 4.69) is 6.92 Å². The molecule has 0 aromatic heterocycles. The standard InChI is InChI=1S/C9H18NO3/c1-7(11)9(2,8(12)13)5-3-4-6-10/h7,11H,2-6,10H2,1H3,(H,12,13). The largest absolute Gasteiger partial charge is 0.481 e. The van der Waals surface area contributed by atoms with Crippen molar-refractivity contribution in [1.29, 1.82) is 0 Å². The van der Waals surface area contributed by atoms with Crippen molar-refractivity contribution in [1.82, 2.24) is 0 Å². The van der Waals surface area contributed by atoms with Gasteiger partial charge < -0.3 is 15.9 Å². The molecule has 4 heteroatoms. The van der Waals surface area contributed by atoms with Gasteiger partial charge in [0, 0.05) is 0 Å². The van der Waals surface area contributed by atoms with Crippen LogP contribution in [0.25, 0.3) is 0 Å². The van der Waals surface area contributed by atoms with Gasteiger partial charge in [0.2, 0.25) is 0 Å². The zero-order chi connectivity index (χ0) is 10.5. The summed E-state index contributed by atoms with van der Waals surface area (Å²) in [6.45, 7) is 5.54. The first-order chi connectivity index (χ1) is 5.95. The van der Waals surface area contributed by atoms with Gasteiger partial charge in [0.1, 0.15) is 0 Å². The third-order valence-corrected chi connectivity index (χ3v) is 2.30. The molecule has 1 radical (unpaired) electrons. The average Bonchev–Trinajstić information content (AvgIpc) is 2.03. The number of unbranched alkanes of at least 4 members (excludes halogenated alkanes) is 1. The lowest BCUT2D eigenvalue weighted by Crippen LogP contribution is -2.38. The van der Waals surface area contributed by atoms with Crippen molar-refractivity contribution < 1.29 is 15.0 Å². The summed E-state index contributed by atoms with van der Waals surface area (Å²) < 4.78 is 0. The van der Waals surface area contributed by atoms with Crippen LogP contribution in [-0.4, -0.2) is 28.8 Å². The van der Waals surface area contributed by atoms with Crippen LogP contribution in [0.2, 0.25) is 0 Å². The van der Waals surface area contributed by atoms with Gasteiger partial charge >= 0.3 is 5.97 Å². The highest BCUT2D eigenvalue weighted by Gasteiger charge is 2.37. The maximum absolute atomic E-state index is 10.8. The second-order valence-corrected chi connectivity index (χ2v) is 3.38. The van der Waals surface area contributed by atoms with E-state index < -0.39 is 17.5 Å². The Hall–Kier alpha value is -0.610. The molecule has 0 aliphatic heterocycles. The molecule has 0 saturated carbocycles. The molecule has 0 spiro atoms. The summed E-state index contributed by atoms with van der Waals surface area (Å²) in [5.74, 6) is -1.06. The molecule has 2 unspecified atom stereocenters. The fourth-order valence-corrected chi connectivity index (χ4v) is 1.08. The van der Waals surface area contributed by atoms with Crippen LogP contribution >= 0.6 is 0 Å². The van der Waals surface area contributed by atoms with Gasteiger partial charge in [-0.15, -0.1) is 0 Å². The van der Waals surface area contributed by atoms with E-state index in [0.717, 1.165) is 6.42 Å². The van der Waals surface area contributed by atoms with E-state index >= 15 is 0 Å². The first kappa shape index (κ1) is 12.4. The molecule has 2 atom stereocenters. The van der Waals surface area contributed by atoms with E-state index in [9.17, 15) is 9.90 Å². The van der Waals surface area contributed by atoms with Crippen LogP contribution in [0.3, 0.4) is 0 Å². The Kier molecular flexibility index (Phi) is 4.95. The summed E-state index contributed by atoms with van der Waals surface area (Å²) in [5.41, 5.74) is 4.00. The SMILES string of the molecule is [CH2]C(CCCCN)(C(=O)O)C(C)O. The molecular formula is C9H18NO3. The number of hydrogen-bond donors (Lipinski definition) is 3. The Balaban J connectivity index is 4.17. The summed E-state index contributed by atoms with van der Waals surface area (Å²) in [6.07, 6.45) is 0.855. The van der Waals surface area contributed by atoms with Crippen LogP contribution in [0.5, 0.6) is 0 Å². The number of carboxylic acids is 1. The minimum Gasteiger partial charge on any atom is -0.481 e. The molecule has 0 saturated heterocycles. The molecule has 77 valence electrons. The average molecular weight is 188 g/mol. The third kappa shape index (κ3) is 3.32. The number of hydrogen-bond acceptors (Lipinski definition) is 3. The molecule has 0 fully saturated rings. The van der Waals surface area contributed by atoms with Crippen molar-refractivity contribution in [3.05, 3.63) is 6.92 Å². The van der Waals surface area contributed by atoms with Crippen molar-refractivity contribution in [3.63, 3.8) is 0 Å². The van der Waals surface area contributed by atoms with E-state index in [1.54, 1.807) is 0 Å². The Morgan fingerprint density at radius 3 is 2.46 bits per heavy atom. The topological polar surface area (TPSA) is 83.6 Å². The van der Waals surface area contributed by atoms with E-state index in [1.807, 2.05) is 0 Å². The number of carbonyl (C=O) groups is 1. The fraction of sp³-hybridized carbons (Fsp3) is 0.778. The molecule has 0 bridgehead atoms. The summed E-state index contributed by atoms with van der Waals surface area (Å²) in [6, 6.07) is 0. The van der Waals surface area contributed by atoms with Crippen molar-refractivity contribution in [2.45, 2.75) is 32.3 Å². The van der Waals surface area contributed by atoms with E-state index in [-0.39, 0.29) is 0 Å². The Bertz CT molecular complexity index is 170. The Morgan fingerprint density at radius 2 is 2.15 bits per heavy atom. The van der Waals surface area contributed by atoms with Gasteiger partial charge in [-0.3, -0.25) is 4.79 Å². The molecule has 13 heavy (non-hydrogen) atoms. The van der Waals surface area contributed by atoms with E-state index in [1.165, 1.54) is 6.92 Å². The Labute approximate surface area is 78.7 Å². The summed E-state index contributed by atoms with van der Waals surface area (Å²) in [4.78, 5) is 10.8. The second kappa shape index (κ2) is 5.19. The molecule has 4 N–H and O–H groups in total. The van der Waals surface area contributed by atoms with Crippen molar-refractivity contribution in [2.75, 3.05) is 6.54 Å². The van der Waals surface area contributed by atoms with Crippen molar-refractivity contribution >= 4 is 5.97 Å². The summed E-state index contributed by atoms with van der Waals surface area (Å²) in [5, 5.41) is 18.1. The number of nitrogens with two attached hydrogens (primary N) is 1. The van der Waals surface area contributed by atoms with Gasteiger partial charge in [-0.05, 0) is 33.2 Å². The van der Waals surface area contributed by atoms with Gasteiger partial charge in [0.05, 0.1) is 11.5 Å². The molecule has 0 aliphatic carbocycles. The monoisotopic (exact) mass is 188 g/mol. The number of aliphatic hydroxyl groups excluding tert-OH is 1. The van der Waals surface area contributed by atoms with E-state index in [0.29, 0.717) is 19.4 Å². The normalized spacial score (nSPS) is 17.8. The van der Waals surface area contributed by atoms with Crippen LogP contribution in [0, 0.1) is 12.3 Å². The number of rotatable bonds is 6. The molecule has 4 nitrogen and oxygen atoms in total. The summed E-state index contributed by atoms with van der Waals surface area (Å²) >= 11 is 0. The van der Waals surface area contributed by atoms with Gasteiger partial charge in [-0.25, -0.2) is 0 Å². The predicted octanol–water partition coefficient (Wildman–Crippen LogP) is 0.401. The third-order valence-electron chi connectivity index (χ3n) is 2.30. The highest BCUT2D eigenvalue weighted by molar-refractivity contribution is 5.76. The summed E-state index contributed by atoms with van der Waals surface area (Å²) in [7, 11) is 0. The van der Waals surface area contributed by atoms with Crippen LogP contribution < -0.4 is 5.73 Å².